The lowest BCUT2D eigenvalue weighted by molar-refractivity contribution is 0.222. The molecule has 1 fully saturated rings. The van der Waals surface area contributed by atoms with E-state index in [0.717, 1.165) is 17.5 Å². The van der Waals surface area contributed by atoms with Crippen molar-refractivity contribution in [3.63, 3.8) is 0 Å². The number of ether oxygens (including phenoxy) is 1. The van der Waals surface area contributed by atoms with Gasteiger partial charge in [-0.15, -0.1) is 0 Å². The molecule has 0 radical (unpaired) electrons. The van der Waals surface area contributed by atoms with Gasteiger partial charge in [0.25, 0.3) is 0 Å². The predicted octanol–water partition coefficient (Wildman–Crippen LogP) is 3.79. The first-order valence-corrected chi connectivity index (χ1v) is 9.79. The van der Waals surface area contributed by atoms with Crippen molar-refractivity contribution < 1.29 is 13.2 Å². The van der Waals surface area contributed by atoms with Gasteiger partial charge in [-0.3, -0.25) is 0 Å². The highest BCUT2D eigenvalue weighted by atomic mass is 32.2. The second-order valence-corrected chi connectivity index (χ2v) is 9.19. The molecule has 5 heteroatoms. The molecule has 1 saturated heterocycles. The lowest BCUT2D eigenvalue weighted by Crippen LogP contribution is -2.42. The fraction of sp³-hybridized carbons (Fsp3) is 0.667. The monoisotopic (exact) mass is 339 g/mol. The van der Waals surface area contributed by atoms with Crippen LogP contribution in [0.3, 0.4) is 0 Å². The summed E-state index contributed by atoms with van der Waals surface area (Å²) in [6.07, 6.45) is 1.08. The van der Waals surface area contributed by atoms with Crippen molar-refractivity contribution in [3.05, 3.63) is 23.3 Å². The maximum absolute atomic E-state index is 13.2. The van der Waals surface area contributed by atoms with E-state index < -0.39 is 10.0 Å². The first-order valence-electron chi connectivity index (χ1n) is 8.35. The Morgan fingerprint density at radius 1 is 1.17 bits per heavy atom. The minimum absolute atomic E-state index is 0.272. The summed E-state index contributed by atoms with van der Waals surface area (Å²) in [6, 6.07) is 3.65. The number of nitrogens with zero attached hydrogens (tertiary/aromatic N) is 1. The van der Waals surface area contributed by atoms with Crippen LogP contribution in [0, 0.1) is 18.8 Å². The van der Waals surface area contributed by atoms with Gasteiger partial charge in [-0.2, -0.15) is 4.31 Å². The minimum atomic E-state index is -3.54. The number of rotatable bonds is 4. The van der Waals surface area contributed by atoms with E-state index in [1.165, 1.54) is 7.11 Å². The van der Waals surface area contributed by atoms with Gasteiger partial charge in [-0.25, -0.2) is 8.42 Å². The van der Waals surface area contributed by atoms with E-state index in [1.54, 1.807) is 10.4 Å². The molecule has 2 atom stereocenters. The van der Waals surface area contributed by atoms with Gasteiger partial charge in [0, 0.05) is 13.1 Å². The summed E-state index contributed by atoms with van der Waals surface area (Å²) in [5.41, 5.74) is 2.12. The number of piperidine rings is 1. The average Bonchev–Trinajstić information content (AvgIpc) is 2.45. The van der Waals surface area contributed by atoms with Crippen LogP contribution in [0.2, 0.25) is 0 Å². The Morgan fingerprint density at radius 2 is 1.74 bits per heavy atom. The lowest BCUT2D eigenvalue weighted by Gasteiger charge is -2.34. The molecule has 0 aliphatic carbocycles. The van der Waals surface area contributed by atoms with Crippen LogP contribution < -0.4 is 4.74 Å². The largest absolute Gasteiger partial charge is 0.495 e. The molecule has 1 aliphatic rings. The normalized spacial score (nSPS) is 23.3. The van der Waals surface area contributed by atoms with Crippen LogP contribution in [0.25, 0.3) is 0 Å². The van der Waals surface area contributed by atoms with E-state index in [2.05, 4.69) is 27.7 Å². The molecule has 23 heavy (non-hydrogen) atoms. The maximum Gasteiger partial charge on any atom is 0.246 e. The van der Waals surface area contributed by atoms with Crippen LogP contribution in [-0.4, -0.2) is 32.9 Å². The Balaban J connectivity index is 2.52. The second-order valence-electron chi connectivity index (χ2n) is 7.28. The van der Waals surface area contributed by atoms with Crippen molar-refractivity contribution in [3.8, 4) is 5.75 Å². The van der Waals surface area contributed by atoms with Crippen molar-refractivity contribution in [1.29, 1.82) is 0 Å². The molecule has 1 heterocycles. The number of hydrogen-bond acceptors (Lipinski definition) is 3. The Morgan fingerprint density at radius 3 is 2.22 bits per heavy atom. The van der Waals surface area contributed by atoms with Crippen LogP contribution in [-0.2, 0) is 10.0 Å². The van der Waals surface area contributed by atoms with Gasteiger partial charge >= 0.3 is 0 Å². The zero-order chi connectivity index (χ0) is 17.4. The Kier molecular flexibility index (Phi) is 5.41. The van der Waals surface area contributed by atoms with Crippen LogP contribution >= 0.6 is 0 Å². The van der Waals surface area contributed by atoms with Gasteiger partial charge in [0.15, 0.2) is 0 Å². The summed E-state index contributed by atoms with van der Waals surface area (Å²) in [5.74, 6) is 1.48. The van der Waals surface area contributed by atoms with Crippen molar-refractivity contribution in [2.24, 2.45) is 11.8 Å². The fourth-order valence-electron chi connectivity index (χ4n) is 3.60. The molecule has 2 rings (SSSR count). The van der Waals surface area contributed by atoms with E-state index >= 15 is 0 Å². The predicted molar refractivity (Wildman–Crippen MR) is 93.5 cm³/mol. The molecule has 1 aromatic carbocycles. The highest BCUT2D eigenvalue weighted by Crippen LogP contribution is 2.35. The Hall–Kier alpha value is -1.07. The van der Waals surface area contributed by atoms with Gasteiger partial charge in [-0.05, 0) is 54.4 Å². The standard InChI is InChI=1S/C18H29NO3S/c1-12(2)16-9-18(17(22-6)8-15(16)5)23(20,21)19-10-13(3)7-14(4)11-19/h8-9,12-14H,7,10-11H2,1-6H3/t13-,14+. The van der Waals surface area contributed by atoms with Crippen molar-refractivity contribution in [2.75, 3.05) is 20.2 Å². The second kappa shape index (κ2) is 6.81. The number of methoxy groups -OCH3 is 1. The molecule has 0 aromatic heterocycles. The summed E-state index contributed by atoms with van der Waals surface area (Å²) >= 11 is 0. The quantitative estimate of drug-likeness (QED) is 0.838. The molecule has 130 valence electrons. The van der Waals surface area contributed by atoms with Gasteiger partial charge in [0.1, 0.15) is 10.6 Å². The Labute approximate surface area is 140 Å². The van der Waals surface area contributed by atoms with Crippen LogP contribution in [0.4, 0.5) is 0 Å². The van der Waals surface area contributed by atoms with Crippen molar-refractivity contribution in [1.82, 2.24) is 4.31 Å². The van der Waals surface area contributed by atoms with Crippen LogP contribution in [0.1, 0.15) is 51.2 Å². The molecular formula is C18H29NO3S. The zero-order valence-electron chi connectivity index (χ0n) is 15.1. The molecule has 0 N–H and O–H groups in total. The molecule has 0 spiro atoms. The van der Waals surface area contributed by atoms with Gasteiger partial charge in [0.05, 0.1) is 7.11 Å². The first kappa shape index (κ1) is 18.3. The highest BCUT2D eigenvalue weighted by Gasteiger charge is 2.34. The molecule has 0 bridgehead atoms. The summed E-state index contributed by atoms with van der Waals surface area (Å²) in [6.45, 7) is 11.6. The van der Waals surface area contributed by atoms with E-state index in [9.17, 15) is 8.42 Å². The third-order valence-electron chi connectivity index (χ3n) is 4.63. The molecule has 1 aliphatic heterocycles. The van der Waals surface area contributed by atoms with Gasteiger partial charge in [-0.1, -0.05) is 27.7 Å². The SMILES string of the molecule is COc1cc(C)c(C(C)C)cc1S(=O)(=O)N1C[C@H](C)C[C@H](C)C1. The smallest absolute Gasteiger partial charge is 0.246 e. The van der Waals surface area contributed by atoms with Gasteiger partial charge < -0.3 is 4.74 Å². The van der Waals surface area contributed by atoms with Crippen molar-refractivity contribution >= 4 is 10.0 Å². The average molecular weight is 340 g/mol. The number of hydrogen-bond donors (Lipinski definition) is 0. The molecular weight excluding hydrogens is 310 g/mol. The zero-order valence-corrected chi connectivity index (χ0v) is 15.9. The maximum atomic E-state index is 13.2. The van der Waals surface area contributed by atoms with E-state index in [4.69, 9.17) is 4.74 Å². The molecule has 4 nitrogen and oxygen atoms in total. The summed E-state index contributed by atoms with van der Waals surface area (Å²) in [5, 5.41) is 0. The fourth-order valence-corrected chi connectivity index (χ4v) is 5.45. The first-order chi connectivity index (χ1) is 10.7. The van der Waals surface area contributed by atoms with E-state index in [1.807, 2.05) is 13.0 Å². The third-order valence-corrected chi connectivity index (χ3v) is 6.48. The topological polar surface area (TPSA) is 46.6 Å². The number of aryl methyl sites for hydroxylation is 1. The van der Waals surface area contributed by atoms with Crippen LogP contribution in [0.15, 0.2) is 17.0 Å². The summed E-state index contributed by atoms with van der Waals surface area (Å²) < 4.78 is 33.4. The number of benzene rings is 1. The van der Waals surface area contributed by atoms with E-state index in [-0.39, 0.29) is 5.92 Å². The lowest BCUT2D eigenvalue weighted by atomic mass is 9.94. The Bertz CT molecular complexity index is 657. The highest BCUT2D eigenvalue weighted by molar-refractivity contribution is 7.89. The number of sulfonamides is 1. The molecule has 0 amide bonds. The molecule has 1 aromatic rings. The third kappa shape index (κ3) is 3.72. The summed E-state index contributed by atoms with van der Waals surface area (Å²) in [4.78, 5) is 0.301. The molecule has 0 saturated carbocycles. The summed E-state index contributed by atoms with van der Waals surface area (Å²) in [7, 11) is -2.00. The molecule has 0 unspecified atom stereocenters. The van der Waals surface area contributed by atoms with Gasteiger partial charge in [0.2, 0.25) is 10.0 Å². The minimum Gasteiger partial charge on any atom is -0.495 e. The van der Waals surface area contributed by atoms with E-state index in [0.29, 0.717) is 35.6 Å². The van der Waals surface area contributed by atoms with Crippen molar-refractivity contribution in [2.45, 2.75) is 51.9 Å². The van der Waals surface area contributed by atoms with Crippen LogP contribution in [0.5, 0.6) is 5.75 Å².